The maximum absolute atomic E-state index is 13.1. The Labute approximate surface area is 176 Å². The van der Waals surface area contributed by atoms with Crippen molar-refractivity contribution in [2.45, 2.75) is 13.1 Å². The minimum absolute atomic E-state index is 0.108. The van der Waals surface area contributed by atoms with Crippen LogP contribution in [-0.2, 0) is 6.18 Å². The Balaban J connectivity index is 1.83. The summed E-state index contributed by atoms with van der Waals surface area (Å²) in [5.41, 5.74) is 1.59. The first-order valence-electron chi connectivity index (χ1n) is 9.38. The number of amides is 1. The Hall–Kier alpha value is -3.81. The number of aryl methyl sites for hydroxylation is 1. The highest BCUT2D eigenvalue weighted by Gasteiger charge is 2.31. The van der Waals surface area contributed by atoms with Crippen LogP contribution >= 0.6 is 0 Å². The molecule has 0 atom stereocenters. The van der Waals surface area contributed by atoms with Crippen LogP contribution in [0, 0.1) is 6.92 Å². The zero-order chi connectivity index (χ0) is 22.2. The number of nitrogens with one attached hydrogen (secondary N) is 1. The van der Waals surface area contributed by atoms with Crippen LogP contribution in [0.4, 0.5) is 19.0 Å². The molecule has 8 heteroatoms. The number of hydrogen-bond acceptors (Lipinski definition) is 3. The first kappa shape index (κ1) is 20.5. The molecule has 0 spiro atoms. The quantitative estimate of drug-likeness (QED) is 0.464. The molecule has 0 unspecified atom stereocenters. The number of benzene rings is 2. The molecular weight excluding hydrogens is 407 g/mol. The summed E-state index contributed by atoms with van der Waals surface area (Å²) in [7, 11) is 1.53. The van der Waals surface area contributed by atoms with Crippen molar-refractivity contribution < 1.29 is 22.7 Å². The number of rotatable bonds is 4. The van der Waals surface area contributed by atoms with Gasteiger partial charge in [0, 0.05) is 17.3 Å². The number of para-hydroxylation sites is 1. The molecule has 1 amide bonds. The third-order valence-electron chi connectivity index (χ3n) is 4.81. The number of ether oxygens (including phenoxy) is 1. The van der Waals surface area contributed by atoms with Crippen LogP contribution in [0.5, 0.6) is 5.75 Å². The molecular formula is C23H18F3N3O2. The molecule has 0 aliphatic rings. The number of imidazole rings is 1. The van der Waals surface area contributed by atoms with Gasteiger partial charge in [-0.05, 0) is 48.9 Å². The van der Waals surface area contributed by atoms with Crippen LogP contribution in [0.25, 0.3) is 16.9 Å². The summed E-state index contributed by atoms with van der Waals surface area (Å²) < 4.78 is 46.3. The third kappa shape index (κ3) is 3.96. The molecule has 0 fully saturated rings. The minimum Gasteiger partial charge on any atom is -0.496 e. The number of hydrogen-bond donors (Lipinski definition) is 1. The fourth-order valence-corrected chi connectivity index (χ4v) is 3.31. The van der Waals surface area contributed by atoms with Gasteiger partial charge in [0.15, 0.2) is 0 Å². The van der Waals surface area contributed by atoms with Crippen molar-refractivity contribution in [1.82, 2.24) is 9.38 Å². The zero-order valence-electron chi connectivity index (χ0n) is 16.7. The van der Waals surface area contributed by atoms with Crippen molar-refractivity contribution in [2.75, 3.05) is 12.4 Å². The Morgan fingerprint density at radius 3 is 2.58 bits per heavy atom. The molecule has 158 valence electrons. The molecule has 1 N–H and O–H groups in total. The average molecular weight is 425 g/mol. The lowest BCUT2D eigenvalue weighted by atomic mass is 10.1. The Kier molecular flexibility index (Phi) is 5.14. The van der Waals surface area contributed by atoms with Crippen LogP contribution in [0.1, 0.15) is 21.5 Å². The minimum atomic E-state index is -4.54. The van der Waals surface area contributed by atoms with E-state index < -0.39 is 17.6 Å². The van der Waals surface area contributed by atoms with Gasteiger partial charge in [0.1, 0.15) is 22.9 Å². The van der Waals surface area contributed by atoms with Gasteiger partial charge in [-0.2, -0.15) is 13.2 Å². The highest BCUT2D eigenvalue weighted by Crippen LogP contribution is 2.36. The molecule has 0 saturated carbocycles. The summed E-state index contributed by atoms with van der Waals surface area (Å²) in [5, 5.41) is 2.74. The first-order chi connectivity index (χ1) is 14.8. The van der Waals surface area contributed by atoms with E-state index in [9.17, 15) is 18.0 Å². The maximum Gasteiger partial charge on any atom is 0.416 e. The van der Waals surface area contributed by atoms with Gasteiger partial charge < -0.3 is 10.1 Å². The normalized spacial score (nSPS) is 11.5. The fraction of sp³-hybridized carbons (Fsp3) is 0.130. The van der Waals surface area contributed by atoms with E-state index in [1.807, 2.05) is 25.1 Å². The number of carbonyl (C=O) groups is 1. The number of methoxy groups -OCH3 is 1. The SMILES string of the molecule is COc1ccccc1-c1nc2ccc(C)cn2c1NC(=O)c1cccc(C(F)(F)F)c1. The van der Waals surface area contributed by atoms with Crippen molar-refractivity contribution in [3.63, 3.8) is 0 Å². The first-order valence-corrected chi connectivity index (χ1v) is 9.38. The summed E-state index contributed by atoms with van der Waals surface area (Å²) >= 11 is 0. The molecule has 2 heterocycles. The van der Waals surface area contributed by atoms with E-state index in [0.29, 0.717) is 28.5 Å². The molecule has 31 heavy (non-hydrogen) atoms. The van der Waals surface area contributed by atoms with E-state index in [0.717, 1.165) is 17.7 Å². The predicted octanol–water partition coefficient (Wildman–Crippen LogP) is 5.59. The second kappa shape index (κ2) is 7.79. The van der Waals surface area contributed by atoms with Gasteiger partial charge in [-0.15, -0.1) is 0 Å². The topological polar surface area (TPSA) is 55.6 Å². The Morgan fingerprint density at radius 2 is 1.84 bits per heavy atom. The highest BCUT2D eigenvalue weighted by molar-refractivity contribution is 6.06. The average Bonchev–Trinajstić information content (AvgIpc) is 3.10. The molecule has 2 aromatic heterocycles. The fourth-order valence-electron chi connectivity index (χ4n) is 3.31. The molecule has 2 aromatic carbocycles. The van der Waals surface area contributed by atoms with Gasteiger partial charge in [0.2, 0.25) is 0 Å². The van der Waals surface area contributed by atoms with Gasteiger partial charge in [0.25, 0.3) is 5.91 Å². The highest BCUT2D eigenvalue weighted by atomic mass is 19.4. The van der Waals surface area contributed by atoms with E-state index in [1.165, 1.54) is 19.2 Å². The van der Waals surface area contributed by atoms with Gasteiger partial charge in [-0.1, -0.05) is 24.3 Å². The number of carbonyl (C=O) groups excluding carboxylic acids is 1. The summed E-state index contributed by atoms with van der Waals surface area (Å²) in [6, 6.07) is 15.2. The monoisotopic (exact) mass is 425 g/mol. The van der Waals surface area contributed by atoms with Crippen molar-refractivity contribution in [2.24, 2.45) is 0 Å². The molecule has 4 rings (SSSR count). The maximum atomic E-state index is 13.1. The zero-order valence-corrected chi connectivity index (χ0v) is 16.7. The van der Waals surface area contributed by atoms with E-state index >= 15 is 0 Å². The van der Waals surface area contributed by atoms with Crippen LogP contribution < -0.4 is 10.1 Å². The van der Waals surface area contributed by atoms with Gasteiger partial charge in [0.05, 0.1) is 12.7 Å². The van der Waals surface area contributed by atoms with Crippen LogP contribution in [0.2, 0.25) is 0 Å². The number of nitrogens with zero attached hydrogens (tertiary/aromatic N) is 2. The summed E-state index contributed by atoms with van der Waals surface area (Å²) in [6.07, 6.45) is -2.75. The molecule has 0 aliphatic heterocycles. The van der Waals surface area contributed by atoms with E-state index in [2.05, 4.69) is 10.3 Å². The van der Waals surface area contributed by atoms with E-state index in [1.54, 1.807) is 28.8 Å². The summed E-state index contributed by atoms with van der Waals surface area (Å²) in [6.45, 7) is 1.89. The Morgan fingerprint density at radius 1 is 1.06 bits per heavy atom. The van der Waals surface area contributed by atoms with Crippen LogP contribution in [0.3, 0.4) is 0 Å². The number of fused-ring (bicyclic) bond motifs is 1. The number of anilines is 1. The second-order valence-electron chi connectivity index (χ2n) is 6.98. The van der Waals surface area contributed by atoms with Gasteiger partial charge in [-0.3, -0.25) is 9.20 Å². The van der Waals surface area contributed by atoms with E-state index in [-0.39, 0.29) is 5.56 Å². The van der Waals surface area contributed by atoms with Crippen molar-refractivity contribution in [1.29, 1.82) is 0 Å². The predicted molar refractivity (Wildman–Crippen MR) is 111 cm³/mol. The van der Waals surface area contributed by atoms with Crippen molar-refractivity contribution in [3.05, 3.63) is 83.6 Å². The smallest absolute Gasteiger partial charge is 0.416 e. The molecule has 4 aromatic rings. The number of pyridine rings is 1. The number of alkyl halides is 3. The largest absolute Gasteiger partial charge is 0.496 e. The summed E-state index contributed by atoms with van der Waals surface area (Å²) in [4.78, 5) is 17.5. The van der Waals surface area contributed by atoms with Gasteiger partial charge >= 0.3 is 6.18 Å². The lowest BCUT2D eigenvalue weighted by molar-refractivity contribution is -0.137. The van der Waals surface area contributed by atoms with Crippen LogP contribution in [-0.4, -0.2) is 22.4 Å². The number of aromatic nitrogens is 2. The third-order valence-corrected chi connectivity index (χ3v) is 4.81. The lowest BCUT2D eigenvalue weighted by Crippen LogP contribution is -2.15. The standard InChI is InChI=1S/C23H18F3N3O2/c1-14-10-11-19-27-20(17-8-3-4-9-18(17)31-2)21(29(19)13-14)28-22(30)15-6-5-7-16(12-15)23(24,25)26/h3-13H,1-2H3,(H,28,30). The number of halogens is 3. The lowest BCUT2D eigenvalue weighted by Gasteiger charge is -2.12. The molecule has 0 saturated heterocycles. The van der Waals surface area contributed by atoms with Gasteiger partial charge in [-0.25, -0.2) is 4.98 Å². The van der Waals surface area contributed by atoms with E-state index in [4.69, 9.17) is 4.74 Å². The Bertz CT molecular complexity index is 1280. The van der Waals surface area contributed by atoms with Crippen molar-refractivity contribution in [3.8, 4) is 17.0 Å². The molecule has 0 bridgehead atoms. The molecule has 0 radical (unpaired) electrons. The summed E-state index contributed by atoms with van der Waals surface area (Å²) in [5.74, 6) is 0.216. The van der Waals surface area contributed by atoms with Crippen LogP contribution in [0.15, 0.2) is 66.9 Å². The van der Waals surface area contributed by atoms with Crippen molar-refractivity contribution >= 4 is 17.4 Å². The molecule has 0 aliphatic carbocycles. The second-order valence-corrected chi connectivity index (χ2v) is 6.98. The molecule has 5 nitrogen and oxygen atoms in total.